The molecule has 0 unspecified atom stereocenters. The third-order valence-electron chi connectivity index (χ3n) is 4.14. The topological polar surface area (TPSA) is 58.6 Å². The van der Waals surface area contributed by atoms with Crippen LogP contribution >= 0.6 is 0 Å². The lowest BCUT2D eigenvalue weighted by atomic mass is 10.2. The second-order valence-electron chi connectivity index (χ2n) is 5.79. The van der Waals surface area contributed by atoms with Crippen molar-refractivity contribution in [3.8, 4) is 5.75 Å². The molecule has 0 aliphatic carbocycles. The molecule has 1 saturated heterocycles. The minimum absolute atomic E-state index is 0.129. The molecular formula is C19H20N2O3. The first-order valence-corrected chi connectivity index (χ1v) is 7.92. The van der Waals surface area contributed by atoms with Gasteiger partial charge in [0.1, 0.15) is 5.75 Å². The molecule has 5 nitrogen and oxygen atoms in total. The molecule has 24 heavy (non-hydrogen) atoms. The summed E-state index contributed by atoms with van der Waals surface area (Å²) in [4.78, 5) is 25.9. The van der Waals surface area contributed by atoms with Crippen LogP contribution in [0.5, 0.6) is 5.75 Å². The van der Waals surface area contributed by atoms with Gasteiger partial charge in [0.2, 0.25) is 11.8 Å². The molecule has 1 atom stereocenters. The third-order valence-corrected chi connectivity index (χ3v) is 4.14. The van der Waals surface area contributed by atoms with Gasteiger partial charge >= 0.3 is 0 Å². The number of amides is 2. The summed E-state index contributed by atoms with van der Waals surface area (Å²) in [5, 5.41) is 3.18. The predicted molar refractivity (Wildman–Crippen MR) is 90.2 cm³/mol. The van der Waals surface area contributed by atoms with Crippen LogP contribution in [0.1, 0.15) is 17.5 Å². The molecule has 1 aliphatic heterocycles. The van der Waals surface area contributed by atoms with Gasteiger partial charge in [-0.1, -0.05) is 42.5 Å². The smallest absolute Gasteiger partial charge is 0.247 e. The average molecular weight is 324 g/mol. The Morgan fingerprint density at radius 1 is 1.04 bits per heavy atom. The van der Waals surface area contributed by atoms with Gasteiger partial charge in [-0.2, -0.15) is 0 Å². The van der Waals surface area contributed by atoms with Gasteiger partial charge in [-0.3, -0.25) is 14.5 Å². The Morgan fingerprint density at radius 2 is 1.75 bits per heavy atom. The van der Waals surface area contributed by atoms with E-state index in [1.165, 1.54) is 4.90 Å². The van der Waals surface area contributed by atoms with Crippen LogP contribution in [0.3, 0.4) is 0 Å². The number of carbonyl (C=O) groups is 2. The highest BCUT2D eigenvalue weighted by Gasteiger charge is 2.37. The fourth-order valence-corrected chi connectivity index (χ4v) is 2.76. The molecule has 1 aliphatic rings. The van der Waals surface area contributed by atoms with Crippen molar-refractivity contribution < 1.29 is 14.3 Å². The molecular weight excluding hydrogens is 304 g/mol. The van der Waals surface area contributed by atoms with Crippen LogP contribution in [0.2, 0.25) is 0 Å². The van der Waals surface area contributed by atoms with Crippen molar-refractivity contribution in [2.24, 2.45) is 0 Å². The molecule has 5 heteroatoms. The van der Waals surface area contributed by atoms with Crippen LogP contribution in [-0.2, 0) is 22.7 Å². The number of nitrogens with one attached hydrogen (secondary N) is 1. The first kappa shape index (κ1) is 16.2. The fraction of sp³-hybridized carbons (Fsp3) is 0.263. The number of rotatable bonds is 6. The van der Waals surface area contributed by atoms with Gasteiger partial charge in [-0.15, -0.1) is 0 Å². The summed E-state index contributed by atoms with van der Waals surface area (Å²) in [6, 6.07) is 16.7. The minimum Gasteiger partial charge on any atom is -0.497 e. The van der Waals surface area contributed by atoms with Gasteiger partial charge in [0.05, 0.1) is 26.1 Å². The van der Waals surface area contributed by atoms with E-state index in [0.717, 1.165) is 16.9 Å². The van der Waals surface area contributed by atoms with Crippen LogP contribution in [0.4, 0.5) is 0 Å². The van der Waals surface area contributed by atoms with Gasteiger partial charge < -0.3 is 10.1 Å². The molecule has 1 heterocycles. The molecule has 1 N–H and O–H groups in total. The molecule has 2 aromatic carbocycles. The van der Waals surface area contributed by atoms with Gasteiger partial charge in [0, 0.05) is 6.54 Å². The SMILES string of the molecule is COc1ccc(CN[C@@H]2CC(=O)N(Cc3ccccc3)C2=O)cc1. The normalized spacial score (nSPS) is 17.4. The Morgan fingerprint density at radius 3 is 2.42 bits per heavy atom. The molecule has 2 amide bonds. The Hall–Kier alpha value is -2.66. The van der Waals surface area contributed by atoms with Crippen molar-refractivity contribution in [1.82, 2.24) is 10.2 Å². The van der Waals surface area contributed by atoms with E-state index in [1.54, 1.807) is 7.11 Å². The lowest BCUT2D eigenvalue weighted by molar-refractivity contribution is -0.139. The number of benzene rings is 2. The van der Waals surface area contributed by atoms with Gasteiger partial charge in [0.15, 0.2) is 0 Å². The second kappa shape index (κ2) is 7.27. The molecule has 0 spiro atoms. The zero-order chi connectivity index (χ0) is 16.9. The van der Waals surface area contributed by atoms with E-state index >= 15 is 0 Å². The van der Waals surface area contributed by atoms with Crippen molar-refractivity contribution in [2.75, 3.05) is 7.11 Å². The summed E-state index contributed by atoms with van der Waals surface area (Å²) < 4.78 is 5.12. The second-order valence-corrected chi connectivity index (χ2v) is 5.79. The summed E-state index contributed by atoms with van der Waals surface area (Å²) in [5.41, 5.74) is 1.99. The highest BCUT2D eigenvalue weighted by Crippen LogP contribution is 2.18. The van der Waals surface area contributed by atoms with Crippen LogP contribution in [-0.4, -0.2) is 29.9 Å². The van der Waals surface area contributed by atoms with E-state index < -0.39 is 6.04 Å². The van der Waals surface area contributed by atoms with Crippen LogP contribution < -0.4 is 10.1 Å². The van der Waals surface area contributed by atoms with E-state index in [1.807, 2.05) is 54.6 Å². The van der Waals surface area contributed by atoms with Crippen LogP contribution in [0.25, 0.3) is 0 Å². The monoisotopic (exact) mass is 324 g/mol. The van der Waals surface area contributed by atoms with E-state index in [9.17, 15) is 9.59 Å². The Bertz CT molecular complexity index is 713. The molecule has 0 saturated carbocycles. The maximum absolute atomic E-state index is 12.5. The van der Waals surface area contributed by atoms with E-state index in [2.05, 4.69) is 5.32 Å². The van der Waals surface area contributed by atoms with Crippen molar-refractivity contribution in [3.05, 3.63) is 65.7 Å². The molecule has 2 aromatic rings. The summed E-state index contributed by atoms with van der Waals surface area (Å²) in [6.07, 6.45) is 0.210. The number of methoxy groups -OCH3 is 1. The number of hydrogen-bond donors (Lipinski definition) is 1. The predicted octanol–water partition coefficient (Wildman–Crippen LogP) is 2.11. The lowest BCUT2D eigenvalue weighted by Crippen LogP contribution is -2.38. The fourth-order valence-electron chi connectivity index (χ4n) is 2.76. The van der Waals surface area contributed by atoms with Crippen molar-refractivity contribution >= 4 is 11.8 Å². The summed E-state index contributed by atoms with van der Waals surface area (Å²) in [7, 11) is 1.62. The van der Waals surface area contributed by atoms with Gasteiger partial charge in [-0.05, 0) is 23.3 Å². The molecule has 0 radical (unpaired) electrons. The molecule has 0 bridgehead atoms. The number of nitrogens with zero attached hydrogens (tertiary/aromatic N) is 1. The average Bonchev–Trinajstić information content (AvgIpc) is 2.89. The number of ether oxygens (including phenoxy) is 1. The number of hydrogen-bond acceptors (Lipinski definition) is 4. The summed E-state index contributed by atoms with van der Waals surface area (Å²) in [6.45, 7) is 0.867. The molecule has 1 fully saturated rings. The number of imide groups is 1. The first-order chi connectivity index (χ1) is 11.7. The standard InChI is InChI=1S/C19H20N2O3/c1-24-16-9-7-14(8-10-16)12-20-17-11-18(22)21(19(17)23)13-15-5-3-2-4-6-15/h2-10,17,20H,11-13H2,1H3/t17-/m1/s1. The zero-order valence-electron chi connectivity index (χ0n) is 13.6. The summed E-state index contributed by atoms with van der Waals surface area (Å²) in [5.74, 6) is 0.508. The van der Waals surface area contributed by atoms with Gasteiger partial charge in [-0.25, -0.2) is 0 Å². The first-order valence-electron chi connectivity index (χ1n) is 7.92. The van der Waals surface area contributed by atoms with E-state index in [-0.39, 0.29) is 18.2 Å². The third kappa shape index (κ3) is 3.63. The Kier molecular flexibility index (Phi) is 4.91. The van der Waals surface area contributed by atoms with Crippen molar-refractivity contribution in [1.29, 1.82) is 0 Å². The number of carbonyl (C=O) groups excluding carboxylic acids is 2. The number of likely N-dealkylation sites (tertiary alicyclic amines) is 1. The summed E-state index contributed by atoms with van der Waals surface area (Å²) >= 11 is 0. The van der Waals surface area contributed by atoms with E-state index in [4.69, 9.17) is 4.74 Å². The maximum atomic E-state index is 12.5. The molecule has 0 aromatic heterocycles. The largest absolute Gasteiger partial charge is 0.497 e. The quantitative estimate of drug-likeness (QED) is 0.827. The van der Waals surface area contributed by atoms with Crippen LogP contribution in [0, 0.1) is 0 Å². The maximum Gasteiger partial charge on any atom is 0.247 e. The van der Waals surface area contributed by atoms with Crippen molar-refractivity contribution in [2.45, 2.75) is 25.6 Å². The molecule has 124 valence electrons. The zero-order valence-corrected chi connectivity index (χ0v) is 13.6. The lowest BCUT2D eigenvalue weighted by Gasteiger charge is -2.15. The van der Waals surface area contributed by atoms with Gasteiger partial charge in [0.25, 0.3) is 0 Å². The molecule has 3 rings (SSSR count). The Balaban J connectivity index is 1.59. The highest BCUT2D eigenvalue weighted by atomic mass is 16.5. The minimum atomic E-state index is -0.455. The highest BCUT2D eigenvalue weighted by molar-refractivity contribution is 6.05. The van der Waals surface area contributed by atoms with Crippen molar-refractivity contribution in [3.63, 3.8) is 0 Å². The van der Waals surface area contributed by atoms with Crippen LogP contribution in [0.15, 0.2) is 54.6 Å². The van der Waals surface area contributed by atoms with E-state index in [0.29, 0.717) is 13.1 Å². The Labute approximate surface area is 141 Å².